The van der Waals surface area contributed by atoms with E-state index in [4.69, 9.17) is 5.11 Å². The number of halogens is 7. The van der Waals surface area contributed by atoms with Crippen molar-refractivity contribution in [3.8, 4) is 0 Å². The lowest BCUT2D eigenvalue weighted by Crippen LogP contribution is -2.43. The minimum Gasteiger partial charge on any atom is -0.480 e. The van der Waals surface area contributed by atoms with Gasteiger partial charge >= 0.3 is 18.1 Å². The molecule has 0 aliphatic rings. The maximum Gasteiger partial charge on any atom is 0.418 e. The molecule has 0 aliphatic heterocycles. The number of aryl methyl sites for hydroxylation is 2. The quantitative estimate of drug-likeness (QED) is 0.0885. The monoisotopic (exact) mass is 906 g/mol. The summed E-state index contributed by atoms with van der Waals surface area (Å²) in [5, 5.41) is 21.7. The van der Waals surface area contributed by atoms with Crippen LogP contribution in [0.1, 0.15) is 79.3 Å². The van der Waals surface area contributed by atoms with E-state index in [1.54, 1.807) is 6.07 Å². The Bertz CT molecular complexity index is 2530. The molecule has 1 atom stereocenters. The number of aromatic nitrogens is 2. The summed E-state index contributed by atoms with van der Waals surface area (Å²) in [5.74, 6) is -9.42. The Kier molecular flexibility index (Phi) is 20.0. The molecular weight excluding hydrogens is 862 g/mol. The van der Waals surface area contributed by atoms with E-state index in [1.807, 2.05) is 31.4 Å². The third-order valence-corrected chi connectivity index (χ3v) is 8.95. The van der Waals surface area contributed by atoms with E-state index in [-0.39, 0.29) is 18.5 Å². The maximum absolute atomic E-state index is 13.8. The van der Waals surface area contributed by atoms with Gasteiger partial charge in [0, 0.05) is 37.4 Å². The highest BCUT2D eigenvalue weighted by atomic mass is 19.4. The first-order valence-corrected chi connectivity index (χ1v) is 19.8. The van der Waals surface area contributed by atoms with Crippen molar-refractivity contribution >= 4 is 23.8 Å². The largest absolute Gasteiger partial charge is 0.480 e. The standard InChI is InChI=1S/C23H17F5N2O3.C14H15N.C9H7F2NO3.C2H6/c24-16-7-2-8-17(25)20(16)21(31)30-19(22(32)33)12-14-5-1-4-13(10-14)11-18-15(23(26,27)28)6-3-9-29-18;1-11-5-3-7-13(9-11)10-14-12(2)6-4-8-15-14;10-5-2-1-3-6(11)8(5)9(15)12-4-7(13)14;1-2/h1-10,19H,11-12H2,(H,30,31)(H,32,33);3-9H,10H2,1-2H3;1-3H,4H2,(H,12,15)(H,13,14);1-2H3. The summed E-state index contributed by atoms with van der Waals surface area (Å²) in [4.78, 5) is 53.3. The van der Waals surface area contributed by atoms with Crippen molar-refractivity contribution in [3.63, 3.8) is 0 Å². The van der Waals surface area contributed by atoms with Gasteiger partial charge in [-0.25, -0.2) is 22.4 Å². The molecule has 65 heavy (non-hydrogen) atoms. The molecule has 4 aromatic carbocycles. The predicted octanol–water partition coefficient (Wildman–Crippen LogP) is 9.49. The molecule has 0 spiro atoms. The summed E-state index contributed by atoms with van der Waals surface area (Å²) in [7, 11) is 0. The number of aliphatic carboxylic acids is 2. The summed E-state index contributed by atoms with van der Waals surface area (Å²) in [6, 6.07) is 25.1. The topological polar surface area (TPSA) is 159 Å². The summed E-state index contributed by atoms with van der Waals surface area (Å²) >= 11 is 0. The number of alkyl halides is 3. The molecule has 342 valence electrons. The van der Waals surface area contributed by atoms with Crippen molar-refractivity contribution in [1.82, 2.24) is 20.6 Å². The maximum atomic E-state index is 13.8. The highest BCUT2D eigenvalue weighted by Crippen LogP contribution is 2.32. The van der Waals surface area contributed by atoms with Crippen LogP contribution in [0, 0.1) is 37.1 Å². The number of hydrogen-bond donors (Lipinski definition) is 4. The summed E-state index contributed by atoms with van der Waals surface area (Å²) < 4.78 is 93.2. The first kappa shape index (κ1) is 51.9. The van der Waals surface area contributed by atoms with Crippen molar-refractivity contribution in [3.05, 3.63) is 201 Å². The number of nitrogens with one attached hydrogen (secondary N) is 2. The number of hydrogen-bond acceptors (Lipinski definition) is 6. The average Bonchev–Trinajstić information content (AvgIpc) is 3.24. The van der Waals surface area contributed by atoms with Crippen LogP contribution < -0.4 is 10.6 Å². The van der Waals surface area contributed by atoms with Gasteiger partial charge in [0.15, 0.2) is 0 Å². The summed E-state index contributed by atoms with van der Waals surface area (Å²) in [5.41, 5.74) is 3.13. The third kappa shape index (κ3) is 16.3. The molecule has 6 rings (SSSR count). The average molecular weight is 907 g/mol. The van der Waals surface area contributed by atoms with Crippen LogP contribution >= 0.6 is 0 Å². The van der Waals surface area contributed by atoms with Crippen molar-refractivity contribution in [2.45, 2.75) is 59.2 Å². The Balaban J connectivity index is 0.000000290. The van der Waals surface area contributed by atoms with Crippen LogP contribution in [-0.2, 0) is 35.0 Å². The molecular formula is C48H45F7N4O6. The second kappa shape index (κ2) is 25.0. The number of benzene rings is 4. The Morgan fingerprint density at radius 1 is 0.615 bits per heavy atom. The zero-order valence-corrected chi connectivity index (χ0v) is 35.5. The van der Waals surface area contributed by atoms with Crippen LogP contribution in [-0.4, -0.2) is 56.5 Å². The van der Waals surface area contributed by atoms with Gasteiger partial charge in [0.05, 0.1) is 11.3 Å². The number of rotatable bonds is 12. The van der Waals surface area contributed by atoms with Crippen LogP contribution in [0.3, 0.4) is 0 Å². The van der Waals surface area contributed by atoms with Gasteiger partial charge in [-0.05, 0) is 78.6 Å². The van der Waals surface area contributed by atoms with Crippen molar-refractivity contribution in [2.75, 3.05) is 6.54 Å². The van der Waals surface area contributed by atoms with Crippen LogP contribution in [0.15, 0.2) is 122 Å². The predicted molar refractivity (Wildman–Crippen MR) is 228 cm³/mol. The SMILES string of the molecule is CC.Cc1cccc(Cc2ncccc2C)c1.O=C(NC(Cc1cccc(Cc2ncccc2C(F)(F)F)c1)C(=O)O)c1c(F)cccc1F.O=C(O)CNC(=O)c1c(F)cccc1F. The molecule has 2 aromatic heterocycles. The second-order valence-corrected chi connectivity index (χ2v) is 13.8. The zero-order chi connectivity index (χ0) is 48.3. The van der Waals surface area contributed by atoms with E-state index in [0.29, 0.717) is 11.1 Å². The Labute approximate surface area is 370 Å². The smallest absolute Gasteiger partial charge is 0.418 e. The molecule has 6 aromatic rings. The molecule has 10 nitrogen and oxygen atoms in total. The lowest BCUT2D eigenvalue weighted by atomic mass is 9.99. The molecule has 2 heterocycles. The number of carboxylic acid groups (broad SMARTS) is 2. The second-order valence-electron chi connectivity index (χ2n) is 13.8. The van der Waals surface area contributed by atoms with Gasteiger partial charge in [0.1, 0.15) is 47.0 Å². The lowest BCUT2D eigenvalue weighted by molar-refractivity contribution is -0.139. The van der Waals surface area contributed by atoms with Gasteiger partial charge in [-0.1, -0.05) is 86.1 Å². The van der Waals surface area contributed by atoms with Gasteiger partial charge in [-0.15, -0.1) is 0 Å². The minimum atomic E-state index is -4.58. The fraction of sp³-hybridized carbons (Fsp3) is 0.208. The van der Waals surface area contributed by atoms with E-state index < -0.39 is 82.5 Å². The molecule has 0 bridgehead atoms. The van der Waals surface area contributed by atoms with E-state index in [2.05, 4.69) is 59.5 Å². The molecule has 0 saturated carbocycles. The van der Waals surface area contributed by atoms with Crippen molar-refractivity contribution < 1.29 is 60.1 Å². The Hall–Kier alpha value is -7.43. The fourth-order valence-electron chi connectivity index (χ4n) is 5.96. The van der Waals surface area contributed by atoms with Crippen molar-refractivity contribution in [2.24, 2.45) is 0 Å². The van der Waals surface area contributed by atoms with Crippen LogP contribution in [0.25, 0.3) is 0 Å². The van der Waals surface area contributed by atoms with Gasteiger partial charge in [-0.3, -0.25) is 24.4 Å². The molecule has 0 aliphatic carbocycles. The number of amides is 2. The number of pyridine rings is 2. The van der Waals surface area contributed by atoms with Crippen LogP contribution in [0.4, 0.5) is 30.7 Å². The summed E-state index contributed by atoms with van der Waals surface area (Å²) in [6.45, 7) is 7.54. The number of carboxylic acids is 2. The molecule has 0 fully saturated rings. The van der Waals surface area contributed by atoms with Crippen LogP contribution in [0.2, 0.25) is 0 Å². The molecule has 1 unspecified atom stereocenters. The first-order valence-electron chi connectivity index (χ1n) is 19.8. The first-order chi connectivity index (χ1) is 30.8. The fourth-order valence-corrected chi connectivity index (χ4v) is 5.96. The molecule has 0 radical (unpaired) electrons. The number of carbonyl (C=O) groups excluding carboxylic acids is 2. The highest BCUT2D eigenvalue weighted by molar-refractivity contribution is 5.97. The van der Waals surface area contributed by atoms with Gasteiger partial charge in [0.25, 0.3) is 11.8 Å². The number of carbonyl (C=O) groups is 4. The lowest BCUT2D eigenvalue weighted by Gasteiger charge is -2.16. The molecule has 0 saturated heterocycles. The Morgan fingerprint density at radius 3 is 1.62 bits per heavy atom. The van der Waals surface area contributed by atoms with E-state index in [0.717, 1.165) is 48.9 Å². The van der Waals surface area contributed by atoms with Gasteiger partial charge in [0.2, 0.25) is 0 Å². The normalized spacial score (nSPS) is 10.9. The third-order valence-electron chi connectivity index (χ3n) is 8.95. The molecule has 2 amide bonds. The summed E-state index contributed by atoms with van der Waals surface area (Å²) in [6.07, 6.45) is -0.978. The van der Waals surface area contributed by atoms with E-state index in [1.165, 1.54) is 52.8 Å². The Morgan fingerprint density at radius 2 is 1.09 bits per heavy atom. The van der Waals surface area contributed by atoms with E-state index >= 15 is 0 Å². The van der Waals surface area contributed by atoms with Gasteiger partial charge < -0.3 is 20.8 Å². The highest BCUT2D eigenvalue weighted by Gasteiger charge is 2.34. The van der Waals surface area contributed by atoms with Crippen molar-refractivity contribution in [1.29, 1.82) is 0 Å². The molecule has 4 N–H and O–H groups in total. The van der Waals surface area contributed by atoms with E-state index in [9.17, 15) is 55.0 Å². The van der Waals surface area contributed by atoms with Gasteiger partial charge in [-0.2, -0.15) is 13.2 Å². The number of nitrogens with zero attached hydrogens (tertiary/aromatic N) is 2. The van der Waals surface area contributed by atoms with Crippen LogP contribution in [0.5, 0.6) is 0 Å². The zero-order valence-electron chi connectivity index (χ0n) is 35.5. The minimum absolute atomic E-state index is 0.159. The molecule has 17 heteroatoms.